The van der Waals surface area contributed by atoms with E-state index in [0.29, 0.717) is 13.0 Å². The van der Waals surface area contributed by atoms with Gasteiger partial charge in [-0.25, -0.2) is 4.79 Å². The summed E-state index contributed by atoms with van der Waals surface area (Å²) in [5.41, 5.74) is 4.34. The van der Waals surface area contributed by atoms with Crippen molar-refractivity contribution in [3.8, 4) is 0 Å². The number of aliphatic hydroxyl groups is 1. The summed E-state index contributed by atoms with van der Waals surface area (Å²) in [6, 6.07) is 17.8. The number of aromatic amines is 1. The fourth-order valence-corrected chi connectivity index (χ4v) is 3.69. The first-order chi connectivity index (χ1) is 12.8. The number of benzene rings is 2. The van der Waals surface area contributed by atoms with Crippen molar-refractivity contribution in [3.63, 3.8) is 0 Å². The number of hydrogen-bond donors (Lipinski definition) is 2. The molecule has 134 valence electrons. The molecule has 26 heavy (non-hydrogen) atoms. The molecule has 0 unspecified atom stereocenters. The highest BCUT2D eigenvalue weighted by Crippen LogP contribution is 2.31. The maximum Gasteiger partial charge on any atom is 0.410 e. The summed E-state index contributed by atoms with van der Waals surface area (Å²) < 4.78 is 5.52. The first-order valence-corrected chi connectivity index (χ1v) is 8.93. The molecular weight excluding hydrogens is 328 g/mol. The highest BCUT2D eigenvalue weighted by molar-refractivity contribution is 5.85. The second kappa shape index (κ2) is 7.22. The number of amides is 1. The molecule has 1 amide bonds. The number of fused-ring (bicyclic) bond motifs is 3. The summed E-state index contributed by atoms with van der Waals surface area (Å²) in [4.78, 5) is 17.8. The number of aromatic nitrogens is 1. The highest BCUT2D eigenvalue weighted by Gasteiger charge is 2.32. The minimum absolute atomic E-state index is 0.0464. The second-order valence-corrected chi connectivity index (χ2v) is 6.67. The van der Waals surface area contributed by atoms with Crippen LogP contribution in [0.4, 0.5) is 4.79 Å². The van der Waals surface area contributed by atoms with E-state index in [1.165, 1.54) is 10.9 Å². The number of carbonyl (C=O) groups excluding carboxylic acids is 1. The summed E-state index contributed by atoms with van der Waals surface area (Å²) in [5, 5.41) is 10.6. The molecule has 0 saturated heterocycles. The van der Waals surface area contributed by atoms with Crippen molar-refractivity contribution >= 4 is 17.0 Å². The second-order valence-electron chi connectivity index (χ2n) is 6.67. The van der Waals surface area contributed by atoms with Crippen LogP contribution in [0.1, 0.15) is 23.2 Å². The van der Waals surface area contributed by atoms with Crippen LogP contribution >= 0.6 is 0 Å². The van der Waals surface area contributed by atoms with Crippen molar-refractivity contribution in [1.82, 2.24) is 9.88 Å². The Bertz CT molecular complexity index is 904. The number of H-pyrrole nitrogens is 1. The number of nitrogens with one attached hydrogen (secondary N) is 1. The lowest BCUT2D eigenvalue weighted by atomic mass is 9.95. The zero-order chi connectivity index (χ0) is 17.9. The zero-order valence-corrected chi connectivity index (χ0v) is 14.5. The molecule has 5 nitrogen and oxygen atoms in total. The van der Waals surface area contributed by atoms with Crippen LogP contribution < -0.4 is 0 Å². The molecule has 0 fully saturated rings. The van der Waals surface area contributed by atoms with Gasteiger partial charge in [0, 0.05) is 29.2 Å². The van der Waals surface area contributed by atoms with Gasteiger partial charge in [-0.05, 0) is 30.0 Å². The molecule has 2 N–H and O–H groups in total. The fourth-order valence-electron chi connectivity index (χ4n) is 3.69. The Morgan fingerprint density at radius 1 is 1.15 bits per heavy atom. The lowest BCUT2D eigenvalue weighted by molar-refractivity contribution is 0.0663. The molecule has 4 rings (SSSR count). The van der Waals surface area contributed by atoms with Crippen molar-refractivity contribution in [2.24, 2.45) is 0 Å². The third kappa shape index (κ3) is 3.18. The van der Waals surface area contributed by atoms with Gasteiger partial charge in [-0.15, -0.1) is 0 Å². The van der Waals surface area contributed by atoms with Gasteiger partial charge in [0.05, 0.1) is 6.54 Å². The quantitative estimate of drug-likeness (QED) is 0.755. The Hall–Kier alpha value is -2.79. The van der Waals surface area contributed by atoms with E-state index in [4.69, 9.17) is 4.74 Å². The van der Waals surface area contributed by atoms with Crippen LogP contribution in [0.5, 0.6) is 0 Å². The number of hydrogen-bond acceptors (Lipinski definition) is 3. The number of carbonyl (C=O) groups is 1. The van der Waals surface area contributed by atoms with Gasteiger partial charge in [-0.1, -0.05) is 48.5 Å². The van der Waals surface area contributed by atoms with Crippen molar-refractivity contribution in [3.05, 3.63) is 71.4 Å². The number of para-hydroxylation sites is 1. The molecule has 2 aromatic carbocycles. The fraction of sp³-hybridized carbons (Fsp3) is 0.286. The van der Waals surface area contributed by atoms with Gasteiger partial charge in [-0.3, -0.25) is 4.90 Å². The molecule has 5 heteroatoms. The van der Waals surface area contributed by atoms with Crippen molar-refractivity contribution in [1.29, 1.82) is 0 Å². The minimum atomic E-state index is -0.336. The molecule has 0 saturated carbocycles. The molecule has 0 spiro atoms. The van der Waals surface area contributed by atoms with E-state index < -0.39 is 0 Å². The maximum atomic E-state index is 12.7. The monoisotopic (exact) mass is 350 g/mol. The summed E-state index contributed by atoms with van der Waals surface area (Å²) in [6.45, 7) is 0.773. The lowest BCUT2D eigenvalue weighted by Crippen LogP contribution is -2.44. The molecule has 0 aliphatic carbocycles. The van der Waals surface area contributed by atoms with Gasteiger partial charge in [0.25, 0.3) is 0 Å². The Morgan fingerprint density at radius 2 is 1.92 bits per heavy atom. The van der Waals surface area contributed by atoms with Crippen LogP contribution in [-0.4, -0.2) is 33.7 Å². The van der Waals surface area contributed by atoms with E-state index in [9.17, 15) is 9.90 Å². The molecule has 3 aromatic rings. The van der Waals surface area contributed by atoms with E-state index in [1.54, 1.807) is 4.90 Å². The SMILES string of the molecule is O=C(OCc1ccccc1)N1Cc2[nH]c3ccccc3c2C[C@@H]1CCO. The standard InChI is InChI=1S/C21H22N2O3/c24-11-10-16-12-18-17-8-4-5-9-19(17)22-20(18)13-23(16)21(25)26-14-15-6-2-1-3-7-15/h1-9,16,22,24H,10-14H2/t16-/m0/s1. The highest BCUT2D eigenvalue weighted by atomic mass is 16.6. The number of ether oxygens (including phenoxy) is 1. The van der Waals surface area contributed by atoms with Crippen molar-refractivity contribution in [2.45, 2.75) is 32.0 Å². The van der Waals surface area contributed by atoms with Crippen molar-refractivity contribution < 1.29 is 14.6 Å². The Balaban J connectivity index is 1.55. The van der Waals surface area contributed by atoms with Crippen LogP contribution in [-0.2, 0) is 24.3 Å². The predicted octanol–water partition coefficient (Wildman–Crippen LogP) is 3.61. The van der Waals surface area contributed by atoms with Crippen molar-refractivity contribution in [2.75, 3.05) is 6.61 Å². The number of nitrogens with zero attached hydrogens (tertiary/aromatic N) is 1. The van der Waals surface area contributed by atoms with Crippen LogP contribution in [0.15, 0.2) is 54.6 Å². The summed E-state index contributed by atoms with van der Waals surface area (Å²) in [7, 11) is 0. The lowest BCUT2D eigenvalue weighted by Gasteiger charge is -2.34. The van der Waals surface area contributed by atoms with Gasteiger partial charge in [0.2, 0.25) is 0 Å². The van der Waals surface area contributed by atoms with Gasteiger partial charge in [0.15, 0.2) is 0 Å². The molecular formula is C21H22N2O3. The molecule has 0 bridgehead atoms. The van der Waals surface area contributed by atoms with E-state index in [0.717, 1.165) is 23.2 Å². The van der Waals surface area contributed by atoms with Gasteiger partial charge >= 0.3 is 6.09 Å². The summed E-state index contributed by atoms with van der Waals surface area (Å²) >= 11 is 0. The van der Waals surface area contributed by atoms with Gasteiger partial charge in [-0.2, -0.15) is 0 Å². The Labute approximate surface area is 152 Å². The Kier molecular flexibility index (Phi) is 4.63. The molecule has 1 aliphatic heterocycles. The molecule has 1 aliphatic rings. The zero-order valence-electron chi connectivity index (χ0n) is 14.5. The van der Waals surface area contributed by atoms with Gasteiger partial charge < -0.3 is 14.8 Å². The molecule has 1 atom stereocenters. The first-order valence-electron chi connectivity index (χ1n) is 8.93. The third-order valence-electron chi connectivity index (χ3n) is 5.01. The average molecular weight is 350 g/mol. The minimum Gasteiger partial charge on any atom is -0.445 e. The normalized spacial score (nSPS) is 16.5. The Morgan fingerprint density at radius 3 is 2.73 bits per heavy atom. The summed E-state index contributed by atoms with van der Waals surface area (Å²) in [5.74, 6) is 0. The molecule has 1 aromatic heterocycles. The first kappa shape index (κ1) is 16.7. The van der Waals surface area contributed by atoms with Crippen LogP contribution in [0.2, 0.25) is 0 Å². The number of rotatable bonds is 4. The van der Waals surface area contributed by atoms with E-state index in [1.807, 2.05) is 48.5 Å². The van der Waals surface area contributed by atoms with Crippen LogP contribution in [0.25, 0.3) is 10.9 Å². The third-order valence-corrected chi connectivity index (χ3v) is 5.01. The average Bonchev–Trinajstić information content (AvgIpc) is 3.04. The number of aliphatic hydroxyl groups excluding tert-OH is 1. The van der Waals surface area contributed by atoms with E-state index in [-0.39, 0.29) is 25.3 Å². The van der Waals surface area contributed by atoms with Crippen LogP contribution in [0.3, 0.4) is 0 Å². The topological polar surface area (TPSA) is 65.6 Å². The largest absolute Gasteiger partial charge is 0.445 e. The van der Waals surface area contributed by atoms with E-state index >= 15 is 0 Å². The summed E-state index contributed by atoms with van der Waals surface area (Å²) in [6.07, 6.45) is 0.927. The smallest absolute Gasteiger partial charge is 0.410 e. The molecule has 0 radical (unpaired) electrons. The van der Waals surface area contributed by atoms with Gasteiger partial charge in [0.1, 0.15) is 6.61 Å². The predicted molar refractivity (Wildman–Crippen MR) is 99.7 cm³/mol. The molecule has 2 heterocycles. The van der Waals surface area contributed by atoms with Crippen LogP contribution in [0, 0.1) is 0 Å². The maximum absolute atomic E-state index is 12.7. The van der Waals surface area contributed by atoms with E-state index in [2.05, 4.69) is 11.1 Å².